The fourth-order valence-electron chi connectivity index (χ4n) is 3.48. The van der Waals surface area contributed by atoms with Gasteiger partial charge in [0, 0.05) is 37.6 Å². The van der Waals surface area contributed by atoms with E-state index in [1.54, 1.807) is 0 Å². The van der Waals surface area contributed by atoms with E-state index < -0.39 is 0 Å². The van der Waals surface area contributed by atoms with E-state index in [4.69, 9.17) is 4.74 Å². The highest BCUT2D eigenvalue weighted by atomic mass is 16.5. The first-order valence-corrected chi connectivity index (χ1v) is 8.22. The molecule has 2 atom stereocenters. The number of fused-ring (bicyclic) bond motifs is 1. The molecule has 21 heavy (non-hydrogen) atoms. The number of piperazine rings is 1. The molecule has 3 rings (SSSR count). The molecule has 0 aromatic heterocycles. The Kier molecular flexibility index (Phi) is 3.98. The molecule has 2 aliphatic rings. The van der Waals surface area contributed by atoms with Gasteiger partial charge in [-0.05, 0) is 38.8 Å². The number of rotatable bonds is 3. The molecule has 3 heteroatoms. The average molecular weight is 288 g/mol. The summed E-state index contributed by atoms with van der Waals surface area (Å²) in [4.78, 5) is 2.61. The maximum Gasteiger partial charge on any atom is 0.123 e. The molecule has 0 amide bonds. The minimum Gasteiger partial charge on any atom is -0.488 e. The summed E-state index contributed by atoms with van der Waals surface area (Å²) in [6.07, 6.45) is 2.54. The molecule has 2 aliphatic heterocycles. The summed E-state index contributed by atoms with van der Waals surface area (Å²) >= 11 is 0. The first-order valence-electron chi connectivity index (χ1n) is 8.22. The maximum absolute atomic E-state index is 6.16. The van der Waals surface area contributed by atoms with E-state index in [9.17, 15) is 0 Å². The van der Waals surface area contributed by atoms with Crippen LogP contribution in [0.2, 0.25) is 0 Å². The molecule has 0 bridgehead atoms. The van der Waals surface area contributed by atoms with Crippen LogP contribution in [-0.4, -0.2) is 42.2 Å². The van der Waals surface area contributed by atoms with Crippen LogP contribution in [0.25, 0.3) is 0 Å². The van der Waals surface area contributed by atoms with Gasteiger partial charge in [0.05, 0.1) is 0 Å². The van der Waals surface area contributed by atoms with Crippen molar-refractivity contribution in [1.82, 2.24) is 10.2 Å². The first-order chi connectivity index (χ1) is 9.98. The molecule has 1 N–H and O–H groups in total. The van der Waals surface area contributed by atoms with Crippen LogP contribution in [0, 0.1) is 6.92 Å². The second kappa shape index (κ2) is 5.62. The lowest BCUT2D eigenvalue weighted by molar-refractivity contribution is 0.0324. The summed E-state index contributed by atoms with van der Waals surface area (Å²) in [5.41, 5.74) is 2.91. The van der Waals surface area contributed by atoms with Crippen molar-refractivity contribution in [2.24, 2.45) is 0 Å². The van der Waals surface area contributed by atoms with Gasteiger partial charge in [-0.2, -0.15) is 0 Å². The fraction of sp³-hybridized carbons (Fsp3) is 0.667. The van der Waals surface area contributed by atoms with Gasteiger partial charge in [-0.15, -0.1) is 0 Å². The highest BCUT2D eigenvalue weighted by Gasteiger charge is 2.36. The van der Waals surface area contributed by atoms with Crippen LogP contribution in [0.1, 0.15) is 38.3 Å². The zero-order chi connectivity index (χ0) is 15.0. The van der Waals surface area contributed by atoms with Crippen LogP contribution in [0.4, 0.5) is 0 Å². The van der Waals surface area contributed by atoms with Gasteiger partial charge in [-0.25, -0.2) is 0 Å². The highest BCUT2D eigenvalue weighted by Crippen LogP contribution is 2.31. The van der Waals surface area contributed by atoms with E-state index in [1.165, 1.54) is 17.5 Å². The van der Waals surface area contributed by atoms with Gasteiger partial charge in [-0.1, -0.05) is 24.6 Å². The summed E-state index contributed by atoms with van der Waals surface area (Å²) < 4.78 is 6.16. The van der Waals surface area contributed by atoms with Crippen molar-refractivity contribution in [2.45, 2.75) is 58.2 Å². The summed E-state index contributed by atoms with van der Waals surface area (Å²) in [6.45, 7) is 12.3. The minimum atomic E-state index is 0.208. The zero-order valence-corrected chi connectivity index (χ0v) is 13.8. The van der Waals surface area contributed by atoms with Gasteiger partial charge in [-0.3, -0.25) is 4.90 Å². The van der Waals surface area contributed by atoms with E-state index >= 15 is 0 Å². The Hall–Kier alpha value is -1.06. The van der Waals surface area contributed by atoms with E-state index in [0.717, 1.165) is 31.8 Å². The van der Waals surface area contributed by atoms with Crippen molar-refractivity contribution in [3.63, 3.8) is 0 Å². The molecule has 0 radical (unpaired) electrons. The van der Waals surface area contributed by atoms with Crippen LogP contribution in [0.5, 0.6) is 5.75 Å². The second-order valence-corrected chi connectivity index (χ2v) is 7.26. The lowest BCUT2D eigenvalue weighted by Gasteiger charge is -2.46. The SMILES string of the molecule is CCC1CN(CC2Cc3cc(C)ccc3O2)C(C)(C)CN1. The molecule has 1 saturated heterocycles. The van der Waals surface area contributed by atoms with Crippen molar-refractivity contribution >= 4 is 0 Å². The maximum atomic E-state index is 6.16. The number of hydrogen-bond acceptors (Lipinski definition) is 3. The predicted molar refractivity (Wildman–Crippen MR) is 87.0 cm³/mol. The first kappa shape index (κ1) is 14.9. The Balaban J connectivity index is 1.67. The smallest absolute Gasteiger partial charge is 0.123 e. The quantitative estimate of drug-likeness (QED) is 0.925. The molecule has 116 valence electrons. The molecule has 1 fully saturated rings. The molecule has 0 spiro atoms. The Morgan fingerprint density at radius 3 is 2.95 bits per heavy atom. The van der Waals surface area contributed by atoms with Gasteiger partial charge in [0.1, 0.15) is 11.9 Å². The number of hydrogen-bond donors (Lipinski definition) is 1. The van der Waals surface area contributed by atoms with Crippen LogP contribution in [0.15, 0.2) is 18.2 Å². The molecule has 0 saturated carbocycles. The van der Waals surface area contributed by atoms with E-state index in [0.29, 0.717) is 12.1 Å². The Morgan fingerprint density at radius 1 is 1.38 bits per heavy atom. The largest absolute Gasteiger partial charge is 0.488 e. The molecular formula is C18H28N2O. The molecule has 1 aromatic rings. The van der Waals surface area contributed by atoms with E-state index in [-0.39, 0.29) is 5.54 Å². The van der Waals surface area contributed by atoms with E-state index in [2.05, 4.69) is 56.1 Å². The Morgan fingerprint density at radius 2 is 2.19 bits per heavy atom. The molecule has 2 heterocycles. The molecule has 1 aromatic carbocycles. The topological polar surface area (TPSA) is 24.5 Å². The summed E-state index contributed by atoms with van der Waals surface area (Å²) in [7, 11) is 0. The molecule has 3 nitrogen and oxygen atoms in total. The third-order valence-corrected chi connectivity index (χ3v) is 4.99. The Labute approximate surface area is 128 Å². The van der Waals surface area contributed by atoms with Crippen molar-refractivity contribution in [1.29, 1.82) is 0 Å². The number of aryl methyl sites for hydroxylation is 1. The fourth-order valence-corrected chi connectivity index (χ4v) is 3.48. The lowest BCUT2D eigenvalue weighted by Crippen LogP contribution is -2.63. The number of nitrogens with zero attached hydrogens (tertiary/aromatic N) is 1. The van der Waals surface area contributed by atoms with Crippen molar-refractivity contribution < 1.29 is 4.74 Å². The van der Waals surface area contributed by atoms with Gasteiger partial charge < -0.3 is 10.1 Å². The van der Waals surface area contributed by atoms with Gasteiger partial charge >= 0.3 is 0 Å². The summed E-state index contributed by atoms with van der Waals surface area (Å²) in [5.74, 6) is 1.09. The van der Waals surface area contributed by atoms with Crippen LogP contribution >= 0.6 is 0 Å². The van der Waals surface area contributed by atoms with Gasteiger partial charge in [0.2, 0.25) is 0 Å². The predicted octanol–water partition coefficient (Wildman–Crippen LogP) is 2.76. The third kappa shape index (κ3) is 3.09. The molecule has 2 unspecified atom stereocenters. The van der Waals surface area contributed by atoms with Crippen LogP contribution in [-0.2, 0) is 6.42 Å². The standard InChI is InChI=1S/C18H28N2O/c1-5-15-10-20(18(3,4)12-19-15)11-16-9-14-8-13(2)6-7-17(14)21-16/h6-8,15-16,19H,5,9-12H2,1-4H3. The number of benzene rings is 1. The number of nitrogens with one attached hydrogen (secondary N) is 1. The summed E-state index contributed by atoms with van der Waals surface area (Å²) in [5, 5.41) is 3.66. The second-order valence-electron chi connectivity index (χ2n) is 7.26. The van der Waals surface area contributed by atoms with Crippen LogP contribution < -0.4 is 10.1 Å². The van der Waals surface area contributed by atoms with E-state index in [1.807, 2.05) is 0 Å². The van der Waals surface area contributed by atoms with Crippen molar-refractivity contribution in [2.75, 3.05) is 19.6 Å². The van der Waals surface area contributed by atoms with Gasteiger partial charge in [0.25, 0.3) is 0 Å². The van der Waals surface area contributed by atoms with Gasteiger partial charge in [0.15, 0.2) is 0 Å². The Bertz CT molecular complexity index is 512. The number of ether oxygens (including phenoxy) is 1. The normalized spacial score (nSPS) is 28.2. The van der Waals surface area contributed by atoms with Crippen molar-refractivity contribution in [3.8, 4) is 5.75 Å². The molecular weight excluding hydrogens is 260 g/mol. The lowest BCUT2D eigenvalue weighted by atomic mass is 9.95. The summed E-state index contributed by atoms with van der Waals surface area (Å²) in [6, 6.07) is 7.16. The highest BCUT2D eigenvalue weighted by molar-refractivity contribution is 5.40. The average Bonchev–Trinajstić information content (AvgIpc) is 2.82. The monoisotopic (exact) mass is 288 g/mol. The van der Waals surface area contributed by atoms with Crippen molar-refractivity contribution in [3.05, 3.63) is 29.3 Å². The third-order valence-electron chi connectivity index (χ3n) is 4.99. The zero-order valence-electron chi connectivity index (χ0n) is 13.8. The van der Waals surface area contributed by atoms with Crippen LogP contribution in [0.3, 0.4) is 0 Å². The molecule has 0 aliphatic carbocycles. The minimum absolute atomic E-state index is 0.208.